The fourth-order valence-corrected chi connectivity index (χ4v) is 2.38. The summed E-state index contributed by atoms with van der Waals surface area (Å²) in [7, 11) is 0. The molecule has 1 rings (SSSR count). The number of hydrogen-bond donors (Lipinski definition) is 0. The van der Waals surface area contributed by atoms with E-state index in [-0.39, 0.29) is 22.1 Å². The molecule has 0 spiro atoms. The van der Waals surface area contributed by atoms with Crippen LogP contribution in [-0.4, -0.2) is 0 Å². The van der Waals surface area contributed by atoms with Crippen molar-refractivity contribution in [1.82, 2.24) is 0 Å². The van der Waals surface area contributed by atoms with Crippen molar-refractivity contribution in [2.75, 3.05) is 0 Å². The second kappa shape index (κ2) is 4.15. The molecule has 0 aliphatic carbocycles. The Bertz CT molecular complexity index is 346. The van der Waals surface area contributed by atoms with Gasteiger partial charge in [-0.1, -0.05) is 25.4 Å². The van der Waals surface area contributed by atoms with Gasteiger partial charge in [0.15, 0.2) is 11.6 Å². The van der Waals surface area contributed by atoms with E-state index in [2.05, 4.69) is 15.9 Å². The van der Waals surface area contributed by atoms with Gasteiger partial charge in [0.2, 0.25) is 0 Å². The largest absolute Gasteiger partial charge is 0.203 e. The highest BCUT2D eigenvalue weighted by molar-refractivity contribution is 9.10. The maximum Gasteiger partial charge on any atom is 0.163 e. The molecule has 0 saturated carbocycles. The summed E-state index contributed by atoms with van der Waals surface area (Å²) in [4.78, 5) is 0. The van der Waals surface area contributed by atoms with Gasteiger partial charge in [-0.3, -0.25) is 0 Å². The average Bonchev–Trinajstić information content (AvgIpc) is 2.11. The molecule has 1 aromatic rings. The van der Waals surface area contributed by atoms with E-state index in [1.807, 2.05) is 0 Å². The lowest BCUT2D eigenvalue weighted by atomic mass is 10.0. The summed E-state index contributed by atoms with van der Waals surface area (Å²) in [5, 5.41) is 0.243. The minimum absolute atomic E-state index is 0.114. The minimum atomic E-state index is -0.859. The number of benzene rings is 1. The zero-order chi connectivity index (χ0) is 11.0. The zero-order valence-corrected chi connectivity index (χ0v) is 10.4. The number of hydrogen-bond acceptors (Lipinski definition) is 0. The molecule has 0 unspecified atom stereocenters. The molecule has 0 fully saturated rings. The van der Waals surface area contributed by atoms with Crippen LogP contribution in [0, 0.1) is 18.6 Å². The second-order valence-corrected chi connectivity index (χ2v) is 4.62. The predicted molar refractivity (Wildman–Crippen MR) is 57.9 cm³/mol. The topological polar surface area (TPSA) is 0 Å². The highest BCUT2D eigenvalue weighted by atomic mass is 79.9. The van der Waals surface area contributed by atoms with Crippen LogP contribution in [0.2, 0.25) is 5.02 Å². The normalized spacial score (nSPS) is 11.1. The van der Waals surface area contributed by atoms with Crippen molar-refractivity contribution in [3.05, 3.63) is 32.3 Å². The van der Waals surface area contributed by atoms with Crippen molar-refractivity contribution in [3.63, 3.8) is 0 Å². The van der Waals surface area contributed by atoms with Crippen molar-refractivity contribution >= 4 is 27.5 Å². The first-order valence-corrected chi connectivity index (χ1v) is 5.37. The Morgan fingerprint density at radius 1 is 1.21 bits per heavy atom. The van der Waals surface area contributed by atoms with Gasteiger partial charge in [0.25, 0.3) is 0 Å². The Hall–Kier alpha value is -0.150. The Kier molecular flexibility index (Phi) is 3.53. The molecule has 0 heterocycles. The quantitative estimate of drug-likeness (QED) is 0.649. The van der Waals surface area contributed by atoms with Crippen LogP contribution in [0.15, 0.2) is 4.47 Å². The molecule has 0 atom stereocenters. The molecule has 0 aliphatic heterocycles. The van der Waals surface area contributed by atoms with E-state index in [1.54, 1.807) is 13.8 Å². The molecular weight excluding hydrogens is 273 g/mol. The van der Waals surface area contributed by atoms with Gasteiger partial charge in [-0.2, -0.15) is 0 Å². The van der Waals surface area contributed by atoms with Crippen LogP contribution in [0.4, 0.5) is 8.78 Å². The molecule has 78 valence electrons. The van der Waals surface area contributed by atoms with Crippen molar-refractivity contribution in [1.29, 1.82) is 0 Å². The van der Waals surface area contributed by atoms with Crippen LogP contribution >= 0.6 is 27.5 Å². The van der Waals surface area contributed by atoms with E-state index < -0.39 is 11.6 Å². The molecule has 0 amide bonds. The molecule has 0 nitrogen and oxygen atoms in total. The van der Waals surface area contributed by atoms with Crippen LogP contribution in [-0.2, 0) is 0 Å². The summed E-state index contributed by atoms with van der Waals surface area (Å²) in [6, 6.07) is 0. The minimum Gasteiger partial charge on any atom is -0.203 e. The van der Waals surface area contributed by atoms with Gasteiger partial charge in [-0.15, -0.1) is 0 Å². The Morgan fingerprint density at radius 2 is 1.71 bits per heavy atom. The number of rotatable bonds is 1. The fourth-order valence-electron chi connectivity index (χ4n) is 1.27. The van der Waals surface area contributed by atoms with E-state index in [0.717, 1.165) is 0 Å². The molecule has 0 N–H and O–H groups in total. The maximum absolute atomic E-state index is 13.5. The zero-order valence-electron chi connectivity index (χ0n) is 8.09. The maximum atomic E-state index is 13.5. The third-order valence-electron chi connectivity index (χ3n) is 2.09. The van der Waals surface area contributed by atoms with E-state index >= 15 is 0 Å². The van der Waals surface area contributed by atoms with E-state index in [4.69, 9.17) is 11.6 Å². The van der Waals surface area contributed by atoms with Crippen molar-refractivity contribution in [2.24, 2.45) is 0 Å². The first-order valence-electron chi connectivity index (χ1n) is 4.20. The third kappa shape index (κ3) is 1.80. The van der Waals surface area contributed by atoms with Gasteiger partial charge in [0.05, 0.1) is 5.02 Å². The molecule has 0 aromatic heterocycles. The lowest BCUT2D eigenvalue weighted by molar-refractivity contribution is 0.487. The van der Waals surface area contributed by atoms with Crippen LogP contribution in [0.5, 0.6) is 0 Å². The van der Waals surface area contributed by atoms with Crippen LogP contribution in [0.3, 0.4) is 0 Å². The molecular formula is C10H10BrClF2. The molecule has 0 radical (unpaired) electrons. The Balaban J connectivity index is 3.60. The van der Waals surface area contributed by atoms with Crippen LogP contribution in [0.25, 0.3) is 0 Å². The van der Waals surface area contributed by atoms with Gasteiger partial charge >= 0.3 is 0 Å². The first kappa shape index (κ1) is 11.9. The molecule has 0 aliphatic rings. The number of halogens is 4. The smallest absolute Gasteiger partial charge is 0.163 e. The van der Waals surface area contributed by atoms with Crippen molar-refractivity contribution in [2.45, 2.75) is 26.7 Å². The van der Waals surface area contributed by atoms with Gasteiger partial charge in [0, 0.05) is 15.6 Å². The van der Waals surface area contributed by atoms with Crippen molar-refractivity contribution in [3.8, 4) is 0 Å². The lowest BCUT2D eigenvalue weighted by Crippen LogP contribution is -2.02. The molecule has 14 heavy (non-hydrogen) atoms. The molecule has 1 aromatic carbocycles. The van der Waals surface area contributed by atoms with E-state index in [1.165, 1.54) is 6.92 Å². The lowest BCUT2D eigenvalue weighted by Gasteiger charge is -2.14. The van der Waals surface area contributed by atoms with Crippen LogP contribution in [0.1, 0.15) is 30.9 Å². The standard InChI is InChI=1S/C10H10BrClF2/c1-4(2)6-7(11)8(12)5(3)9(13)10(6)14/h4H,1-3H3. The summed E-state index contributed by atoms with van der Waals surface area (Å²) in [6.45, 7) is 5.03. The third-order valence-corrected chi connectivity index (χ3v) is 3.62. The molecule has 4 heteroatoms. The van der Waals surface area contributed by atoms with Gasteiger partial charge in [-0.25, -0.2) is 8.78 Å². The Morgan fingerprint density at radius 3 is 2.14 bits per heavy atom. The Labute approximate surface area is 95.4 Å². The van der Waals surface area contributed by atoms with Crippen molar-refractivity contribution < 1.29 is 8.78 Å². The fraction of sp³-hybridized carbons (Fsp3) is 0.400. The van der Waals surface area contributed by atoms with Gasteiger partial charge < -0.3 is 0 Å². The van der Waals surface area contributed by atoms with E-state index in [9.17, 15) is 8.78 Å². The van der Waals surface area contributed by atoms with Crippen LogP contribution < -0.4 is 0 Å². The summed E-state index contributed by atoms with van der Waals surface area (Å²) in [5.41, 5.74) is 0.429. The predicted octanol–water partition coefficient (Wildman–Crippen LogP) is 4.81. The SMILES string of the molecule is Cc1c(F)c(F)c(C(C)C)c(Br)c1Cl. The van der Waals surface area contributed by atoms with E-state index in [0.29, 0.717) is 4.47 Å². The summed E-state index contributed by atoms with van der Waals surface area (Å²) in [5.74, 6) is -1.78. The molecule has 0 saturated heterocycles. The van der Waals surface area contributed by atoms with Gasteiger partial charge in [-0.05, 0) is 28.8 Å². The highest BCUT2D eigenvalue weighted by Gasteiger charge is 2.21. The summed E-state index contributed by atoms with van der Waals surface area (Å²) >= 11 is 9.03. The molecule has 0 bridgehead atoms. The summed E-state index contributed by atoms with van der Waals surface area (Å²) < 4.78 is 27.3. The monoisotopic (exact) mass is 282 g/mol. The highest BCUT2D eigenvalue weighted by Crippen LogP contribution is 2.37. The van der Waals surface area contributed by atoms with Gasteiger partial charge in [0.1, 0.15) is 0 Å². The summed E-state index contributed by atoms with van der Waals surface area (Å²) in [6.07, 6.45) is 0. The second-order valence-electron chi connectivity index (χ2n) is 3.45. The first-order chi connectivity index (χ1) is 6.37. The average molecular weight is 284 g/mol.